The quantitative estimate of drug-likeness (QED) is 0.508. The van der Waals surface area contributed by atoms with Gasteiger partial charge in [-0.15, -0.1) is 0 Å². The van der Waals surface area contributed by atoms with Gasteiger partial charge < -0.3 is 21.1 Å². The van der Waals surface area contributed by atoms with Crippen LogP contribution in [0.15, 0.2) is 29.2 Å². The van der Waals surface area contributed by atoms with Crippen LogP contribution in [0.5, 0.6) is 0 Å². The lowest BCUT2D eigenvalue weighted by atomic mass is 9.93. The third kappa shape index (κ3) is 4.96. The minimum absolute atomic E-state index is 0.0911. The first-order valence-electron chi connectivity index (χ1n) is 13.3. The topological polar surface area (TPSA) is 129 Å². The van der Waals surface area contributed by atoms with Gasteiger partial charge in [0.15, 0.2) is 0 Å². The third-order valence-corrected chi connectivity index (χ3v) is 10.2. The van der Waals surface area contributed by atoms with Crippen LogP contribution in [0.25, 0.3) is 11.3 Å². The maximum absolute atomic E-state index is 13.3. The molecule has 3 aliphatic rings. The van der Waals surface area contributed by atoms with E-state index in [-0.39, 0.29) is 17.0 Å². The number of aromatic nitrogens is 2. The zero-order chi connectivity index (χ0) is 25.3. The van der Waals surface area contributed by atoms with Crippen molar-refractivity contribution in [2.75, 3.05) is 31.9 Å². The smallest absolute Gasteiger partial charge is 0.243 e. The Kier molecular flexibility index (Phi) is 7.48. The zero-order valence-electron chi connectivity index (χ0n) is 20.8. The third-order valence-electron chi connectivity index (χ3n) is 8.24. The lowest BCUT2D eigenvalue weighted by molar-refractivity contribution is 0.108. The summed E-state index contributed by atoms with van der Waals surface area (Å²) in [4.78, 5) is 2.83. The number of benzene rings is 1. The van der Waals surface area contributed by atoms with E-state index >= 15 is 0 Å². The second kappa shape index (κ2) is 10.6. The Hall–Kier alpha value is -2.27. The maximum Gasteiger partial charge on any atom is 0.243 e. The number of nitrogen functional groups attached to an aromatic ring is 1. The molecule has 5 rings (SSSR count). The second-order valence-corrected chi connectivity index (χ2v) is 12.4. The first-order chi connectivity index (χ1) is 17.4. The van der Waals surface area contributed by atoms with Crippen molar-refractivity contribution in [3.05, 3.63) is 29.8 Å². The van der Waals surface area contributed by atoms with Crippen LogP contribution in [0.1, 0.15) is 69.4 Å². The summed E-state index contributed by atoms with van der Waals surface area (Å²) in [5.41, 5.74) is 8.22. The predicted molar refractivity (Wildman–Crippen MR) is 141 cm³/mol. The Morgan fingerprint density at radius 2 is 1.56 bits per heavy atom. The largest absolute Gasteiger partial charge is 0.393 e. The summed E-state index contributed by atoms with van der Waals surface area (Å²) in [6.45, 7) is 3.39. The van der Waals surface area contributed by atoms with Gasteiger partial charge in [-0.1, -0.05) is 18.6 Å². The van der Waals surface area contributed by atoms with E-state index in [1.807, 2.05) is 0 Å². The van der Waals surface area contributed by atoms with Crippen LogP contribution in [0.4, 0.5) is 5.82 Å². The van der Waals surface area contributed by atoms with Gasteiger partial charge in [-0.3, -0.25) is 0 Å². The van der Waals surface area contributed by atoms with Crippen molar-refractivity contribution in [1.82, 2.24) is 19.0 Å². The monoisotopic (exact) mass is 514 g/mol. The van der Waals surface area contributed by atoms with Gasteiger partial charge >= 0.3 is 0 Å². The Bertz CT molecular complexity index is 1160. The fraction of sp³-hybridized carbons (Fsp3) is 0.615. The van der Waals surface area contributed by atoms with Crippen LogP contribution in [-0.2, 0) is 10.0 Å². The molecule has 3 fully saturated rings. The Balaban J connectivity index is 1.30. The van der Waals surface area contributed by atoms with E-state index in [2.05, 4.69) is 4.90 Å². The molecule has 0 spiro atoms. The molecule has 2 aromatic rings. The molecular weight excluding hydrogens is 476 g/mol. The number of piperidine rings is 2. The average Bonchev–Trinajstić information content (AvgIpc) is 3.25. The van der Waals surface area contributed by atoms with E-state index in [0.29, 0.717) is 49.0 Å². The highest BCUT2D eigenvalue weighted by Crippen LogP contribution is 2.35. The molecule has 0 atom stereocenters. The molecule has 2 saturated heterocycles. The highest BCUT2D eigenvalue weighted by molar-refractivity contribution is 7.89. The number of nitrogens with zero attached hydrogens (tertiary/aromatic N) is 4. The number of anilines is 1. The van der Waals surface area contributed by atoms with Crippen LogP contribution < -0.4 is 5.73 Å². The second-order valence-electron chi connectivity index (χ2n) is 10.5. The molecule has 10 heteroatoms. The first-order valence-corrected chi connectivity index (χ1v) is 14.7. The van der Waals surface area contributed by atoms with Crippen molar-refractivity contribution in [2.45, 2.75) is 80.9 Å². The van der Waals surface area contributed by atoms with Gasteiger partial charge in [0, 0.05) is 30.9 Å². The van der Waals surface area contributed by atoms with Crippen molar-refractivity contribution < 1.29 is 13.5 Å². The minimum Gasteiger partial charge on any atom is -0.393 e. The van der Waals surface area contributed by atoms with Crippen molar-refractivity contribution in [3.8, 4) is 11.3 Å². The van der Waals surface area contributed by atoms with Gasteiger partial charge in [-0.2, -0.15) is 9.40 Å². The van der Waals surface area contributed by atoms with Gasteiger partial charge in [0.2, 0.25) is 10.0 Å². The van der Waals surface area contributed by atoms with Gasteiger partial charge in [0.25, 0.3) is 0 Å². The number of aliphatic hydroxyl groups is 1. The summed E-state index contributed by atoms with van der Waals surface area (Å²) in [5, 5.41) is 22.5. The molecule has 2 aliphatic heterocycles. The number of nitrogens with two attached hydrogens (primary N) is 1. The van der Waals surface area contributed by atoms with Crippen LogP contribution in [-0.4, -0.2) is 77.0 Å². The molecule has 3 heterocycles. The van der Waals surface area contributed by atoms with E-state index in [1.54, 1.807) is 33.3 Å². The van der Waals surface area contributed by atoms with E-state index in [4.69, 9.17) is 16.2 Å². The standard InChI is InChI=1S/C26H38N6O3S/c27-18-24-25(29-32(26(24)28)21-6-8-22(33)9-7-21)19-4-10-23(11-5-19)36(34,35)31-16-12-20(13-17-31)30-14-2-1-3-15-30/h4-5,10-11,18,20-22,27,33H,1-3,6-9,12-17,28H2. The van der Waals surface area contributed by atoms with E-state index in [0.717, 1.165) is 44.3 Å². The number of hydrogen-bond acceptors (Lipinski definition) is 7. The summed E-state index contributed by atoms with van der Waals surface area (Å²) in [5.74, 6) is 0.440. The number of likely N-dealkylation sites (tertiary alicyclic amines) is 1. The summed E-state index contributed by atoms with van der Waals surface area (Å²) in [7, 11) is -3.56. The minimum atomic E-state index is -3.56. The summed E-state index contributed by atoms with van der Waals surface area (Å²) in [6, 6.07) is 7.39. The molecule has 4 N–H and O–H groups in total. The molecule has 0 amide bonds. The van der Waals surface area contributed by atoms with Gasteiger partial charge in [-0.25, -0.2) is 13.1 Å². The molecule has 1 aromatic heterocycles. The molecule has 1 aromatic carbocycles. The van der Waals surface area contributed by atoms with Crippen molar-refractivity contribution in [3.63, 3.8) is 0 Å². The average molecular weight is 515 g/mol. The highest BCUT2D eigenvalue weighted by atomic mass is 32.2. The zero-order valence-corrected chi connectivity index (χ0v) is 21.7. The Morgan fingerprint density at radius 1 is 0.917 bits per heavy atom. The van der Waals surface area contributed by atoms with E-state index in [1.165, 1.54) is 25.5 Å². The molecule has 0 bridgehead atoms. The number of rotatable bonds is 6. The molecule has 36 heavy (non-hydrogen) atoms. The normalized spacial score (nSPS) is 25.1. The number of aliphatic hydroxyl groups excluding tert-OH is 1. The van der Waals surface area contributed by atoms with Crippen molar-refractivity contribution in [2.24, 2.45) is 0 Å². The lowest BCUT2D eigenvalue weighted by Crippen LogP contribution is -2.48. The van der Waals surface area contributed by atoms with E-state index in [9.17, 15) is 13.5 Å². The molecule has 196 valence electrons. The first kappa shape index (κ1) is 25.4. The van der Waals surface area contributed by atoms with Gasteiger partial charge in [0.05, 0.1) is 22.6 Å². The van der Waals surface area contributed by atoms with Gasteiger partial charge in [0.1, 0.15) is 11.5 Å². The van der Waals surface area contributed by atoms with Crippen LogP contribution in [0.2, 0.25) is 0 Å². The molecule has 1 aliphatic carbocycles. The van der Waals surface area contributed by atoms with Crippen LogP contribution in [0, 0.1) is 5.41 Å². The van der Waals surface area contributed by atoms with Crippen LogP contribution in [0.3, 0.4) is 0 Å². The van der Waals surface area contributed by atoms with Crippen molar-refractivity contribution in [1.29, 1.82) is 5.41 Å². The molecule has 1 saturated carbocycles. The summed E-state index contributed by atoms with van der Waals surface area (Å²) in [6.07, 6.45) is 9.50. The van der Waals surface area contributed by atoms with Crippen molar-refractivity contribution >= 4 is 22.1 Å². The fourth-order valence-corrected chi connectivity index (χ4v) is 7.53. The molecule has 0 unspecified atom stereocenters. The van der Waals surface area contributed by atoms with Gasteiger partial charge in [-0.05, 0) is 76.6 Å². The highest BCUT2D eigenvalue weighted by Gasteiger charge is 2.32. The molecule has 0 radical (unpaired) electrons. The lowest BCUT2D eigenvalue weighted by Gasteiger charge is -2.39. The Labute approximate surface area is 213 Å². The summed E-state index contributed by atoms with van der Waals surface area (Å²) < 4.78 is 30.1. The number of sulfonamides is 1. The number of nitrogens with one attached hydrogen (secondary N) is 1. The fourth-order valence-electron chi connectivity index (χ4n) is 6.06. The molecular formula is C26H38N6O3S. The van der Waals surface area contributed by atoms with E-state index < -0.39 is 10.0 Å². The van der Waals surface area contributed by atoms with Crippen LogP contribution >= 0.6 is 0 Å². The molecule has 9 nitrogen and oxygen atoms in total. The SMILES string of the molecule is N=Cc1c(-c2ccc(S(=O)(=O)N3CCC(N4CCCCC4)CC3)cc2)nn(C2CCC(O)CC2)c1N. The Morgan fingerprint density at radius 3 is 2.17 bits per heavy atom. The summed E-state index contributed by atoms with van der Waals surface area (Å²) >= 11 is 0. The maximum atomic E-state index is 13.3. The predicted octanol–water partition coefficient (Wildman–Crippen LogP) is 3.24. The number of hydrogen-bond donors (Lipinski definition) is 3.